The van der Waals surface area contributed by atoms with Gasteiger partial charge in [0.05, 0.1) is 12.4 Å². The molecule has 0 aliphatic heterocycles. The van der Waals surface area contributed by atoms with E-state index in [0.29, 0.717) is 31.2 Å². The molecule has 0 radical (unpaired) electrons. The average molecular weight is 304 g/mol. The van der Waals surface area contributed by atoms with E-state index in [1.54, 1.807) is 6.07 Å². The van der Waals surface area contributed by atoms with Crippen LogP contribution >= 0.6 is 11.8 Å². The molecule has 0 aliphatic rings. The fraction of sp³-hybridized carbons (Fsp3) is 0.500. The first-order valence-corrected chi connectivity index (χ1v) is 8.70. The molecule has 0 atom stereocenters. The van der Waals surface area contributed by atoms with Gasteiger partial charge in [0.1, 0.15) is 0 Å². The van der Waals surface area contributed by atoms with Crippen molar-refractivity contribution in [3.63, 3.8) is 0 Å². The van der Waals surface area contributed by atoms with Crippen LogP contribution < -0.4 is 10.5 Å². The van der Waals surface area contributed by atoms with E-state index >= 15 is 0 Å². The molecule has 0 unspecified atom stereocenters. The summed E-state index contributed by atoms with van der Waals surface area (Å²) >= 11 is 1.47. The minimum Gasteiger partial charge on any atom is -0.399 e. The molecule has 0 heterocycles. The number of thioether (sulfide) groups is 1. The van der Waals surface area contributed by atoms with E-state index in [-0.39, 0.29) is 5.75 Å². The fourth-order valence-corrected chi connectivity index (χ4v) is 3.74. The molecule has 0 bridgehead atoms. The quantitative estimate of drug-likeness (QED) is 0.408. The molecule has 0 spiro atoms. The number of ether oxygens (including phenoxy) is 1. The molecule has 1 aromatic rings. The number of anilines is 1. The highest BCUT2D eigenvalue weighted by Gasteiger charge is 2.09. The van der Waals surface area contributed by atoms with E-state index in [9.17, 15) is 8.42 Å². The van der Waals surface area contributed by atoms with E-state index < -0.39 is 10.0 Å². The minimum absolute atomic E-state index is 0.0819. The molecule has 19 heavy (non-hydrogen) atoms. The second kappa shape index (κ2) is 8.42. The molecule has 5 nitrogen and oxygen atoms in total. The van der Waals surface area contributed by atoms with Crippen molar-refractivity contribution in [1.29, 1.82) is 0 Å². The summed E-state index contributed by atoms with van der Waals surface area (Å²) in [4.78, 5) is 0.976. The van der Waals surface area contributed by atoms with Gasteiger partial charge in [-0.1, -0.05) is 6.07 Å². The number of sulfonamides is 1. The van der Waals surface area contributed by atoms with Gasteiger partial charge in [0.15, 0.2) is 0 Å². The summed E-state index contributed by atoms with van der Waals surface area (Å²) in [7, 11) is -3.22. The van der Waals surface area contributed by atoms with Gasteiger partial charge in [-0.2, -0.15) is 0 Å². The van der Waals surface area contributed by atoms with Crippen molar-refractivity contribution in [1.82, 2.24) is 4.72 Å². The number of nitrogens with two attached hydrogens (primary N) is 1. The van der Waals surface area contributed by atoms with Crippen LogP contribution in [0.1, 0.15) is 6.92 Å². The summed E-state index contributed by atoms with van der Waals surface area (Å²) in [5.41, 5.74) is 6.34. The number of hydrogen-bond acceptors (Lipinski definition) is 5. The van der Waals surface area contributed by atoms with Crippen LogP contribution in [0.4, 0.5) is 5.69 Å². The summed E-state index contributed by atoms with van der Waals surface area (Å²) in [5.74, 6) is 0.575. The topological polar surface area (TPSA) is 81.4 Å². The van der Waals surface area contributed by atoms with Crippen LogP contribution in [0, 0.1) is 0 Å². The van der Waals surface area contributed by atoms with E-state index in [2.05, 4.69) is 4.72 Å². The van der Waals surface area contributed by atoms with Gasteiger partial charge >= 0.3 is 0 Å². The third kappa shape index (κ3) is 7.41. The minimum atomic E-state index is -3.22. The van der Waals surface area contributed by atoms with Crippen LogP contribution in [-0.2, 0) is 14.8 Å². The van der Waals surface area contributed by atoms with Gasteiger partial charge in [0.2, 0.25) is 10.0 Å². The Balaban J connectivity index is 2.27. The van der Waals surface area contributed by atoms with Crippen LogP contribution in [0.2, 0.25) is 0 Å². The predicted molar refractivity (Wildman–Crippen MR) is 79.9 cm³/mol. The average Bonchev–Trinajstić information content (AvgIpc) is 2.35. The van der Waals surface area contributed by atoms with Gasteiger partial charge in [-0.15, -0.1) is 11.8 Å². The first-order chi connectivity index (χ1) is 9.03. The normalized spacial score (nSPS) is 11.6. The third-order valence-corrected chi connectivity index (χ3v) is 4.89. The van der Waals surface area contributed by atoms with Crippen molar-refractivity contribution in [2.75, 3.05) is 37.0 Å². The first kappa shape index (κ1) is 16.3. The van der Waals surface area contributed by atoms with Gasteiger partial charge in [0, 0.05) is 29.5 Å². The van der Waals surface area contributed by atoms with Gasteiger partial charge in [-0.05, 0) is 25.1 Å². The summed E-state index contributed by atoms with van der Waals surface area (Å²) < 4.78 is 30.9. The first-order valence-electron chi connectivity index (χ1n) is 6.07. The summed E-state index contributed by atoms with van der Waals surface area (Å²) in [6.45, 7) is 3.18. The molecule has 3 N–H and O–H groups in total. The standard InChI is InChI=1S/C12H20N2O3S2/c1-2-17-7-6-14-19(15,16)9-8-18-12-5-3-4-11(13)10-12/h3-5,10,14H,2,6-9,13H2,1H3. The van der Waals surface area contributed by atoms with Crippen molar-refractivity contribution in [2.45, 2.75) is 11.8 Å². The van der Waals surface area contributed by atoms with E-state index in [1.165, 1.54) is 11.8 Å². The van der Waals surface area contributed by atoms with E-state index in [1.807, 2.05) is 25.1 Å². The van der Waals surface area contributed by atoms with Gasteiger partial charge < -0.3 is 10.5 Å². The Kier molecular flexibility index (Phi) is 7.22. The lowest BCUT2D eigenvalue weighted by atomic mass is 10.3. The summed E-state index contributed by atoms with van der Waals surface area (Å²) in [5, 5.41) is 0. The van der Waals surface area contributed by atoms with E-state index in [4.69, 9.17) is 10.5 Å². The summed E-state index contributed by atoms with van der Waals surface area (Å²) in [6, 6.07) is 7.40. The molecule has 1 rings (SSSR count). The Bertz CT molecular complexity index is 478. The zero-order valence-electron chi connectivity index (χ0n) is 11.0. The highest BCUT2D eigenvalue weighted by Crippen LogP contribution is 2.19. The van der Waals surface area contributed by atoms with Gasteiger partial charge in [-0.3, -0.25) is 0 Å². The Labute approximate surface area is 119 Å². The van der Waals surface area contributed by atoms with Crippen LogP contribution in [0.15, 0.2) is 29.2 Å². The molecule has 0 fully saturated rings. The maximum absolute atomic E-state index is 11.6. The maximum atomic E-state index is 11.6. The molecular weight excluding hydrogens is 284 g/mol. The SMILES string of the molecule is CCOCCNS(=O)(=O)CCSc1cccc(N)c1. The number of hydrogen-bond donors (Lipinski definition) is 2. The van der Waals surface area contributed by atoms with Crippen molar-refractivity contribution >= 4 is 27.5 Å². The Morgan fingerprint density at radius 3 is 2.89 bits per heavy atom. The highest BCUT2D eigenvalue weighted by molar-refractivity contribution is 8.00. The van der Waals surface area contributed by atoms with Crippen LogP contribution in [-0.4, -0.2) is 39.7 Å². The second-order valence-corrected chi connectivity index (χ2v) is 6.93. The smallest absolute Gasteiger partial charge is 0.212 e. The fourth-order valence-electron chi connectivity index (χ4n) is 1.36. The molecule has 0 aliphatic carbocycles. The zero-order chi connectivity index (χ0) is 14.1. The Morgan fingerprint density at radius 2 is 2.21 bits per heavy atom. The highest BCUT2D eigenvalue weighted by atomic mass is 32.2. The van der Waals surface area contributed by atoms with Crippen LogP contribution in [0.3, 0.4) is 0 Å². The second-order valence-electron chi connectivity index (χ2n) is 3.83. The Morgan fingerprint density at radius 1 is 1.42 bits per heavy atom. The number of rotatable bonds is 9. The molecule has 1 aromatic carbocycles. The van der Waals surface area contributed by atoms with Crippen molar-refractivity contribution < 1.29 is 13.2 Å². The number of nitrogens with one attached hydrogen (secondary N) is 1. The van der Waals surface area contributed by atoms with Crippen molar-refractivity contribution in [3.8, 4) is 0 Å². The summed E-state index contributed by atoms with van der Waals surface area (Å²) in [6.07, 6.45) is 0. The van der Waals surface area contributed by atoms with E-state index in [0.717, 1.165) is 4.90 Å². The molecule has 0 aromatic heterocycles. The number of nitrogen functional groups attached to an aromatic ring is 1. The lowest BCUT2D eigenvalue weighted by molar-refractivity contribution is 0.153. The lowest BCUT2D eigenvalue weighted by Gasteiger charge is -2.07. The van der Waals surface area contributed by atoms with Crippen molar-refractivity contribution in [2.24, 2.45) is 0 Å². The lowest BCUT2D eigenvalue weighted by Crippen LogP contribution is -2.30. The van der Waals surface area contributed by atoms with Crippen LogP contribution in [0.25, 0.3) is 0 Å². The van der Waals surface area contributed by atoms with Gasteiger partial charge in [-0.25, -0.2) is 13.1 Å². The van der Waals surface area contributed by atoms with Gasteiger partial charge in [0.25, 0.3) is 0 Å². The zero-order valence-corrected chi connectivity index (χ0v) is 12.6. The molecule has 7 heteroatoms. The number of benzene rings is 1. The molecule has 0 amide bonds. The monoisotopic (exact) mass is 304 g/mol. The predicted octanol–water partition coefficient (Wildman–Crippen LogP) is 1.32. The largest absolute Gasteiger partial charge is 0.399 e. The molecule has 108 valence electrons. The third-order valence-electron chi connectivity index (χ3n) is 2.25. The maximum Gasteiger partial charge on any atom is 0.212 e. The molecule has 0 saturated heterocycles. The Hall–Kier alpha value is -0.760. The van der Waals surface area contributed by atoms with Crippen LogP contribution in [0.5, 0.6) is 0 Å². The van der Waals surface area contributed by atoms with Crippen molar-refractivity contribution in [3.05, 3.63) is 24.3 Å². The molecule has 0 saturated carbocycles. The molecular formula is C12H20N2O3S2.